The summed E-state index contributed by atoms with van der Waals surface area (Å²) in [6.07, 6.45) is 7.77. The Labute approximate surface area is 285 Å². The molecule has 0 amide bonds. The third-order valence-corrected chi connectivity index (χ3v) is 8.87. The molecule has 7 nitrogen and oxygen atoms in total. The molecular formula is C41H49N5O2. The van der Waals surface area contributed by atoms with Gasteiger partial charge in [-0.05, 0) is 169 Å². The van der Waals surface area contributed by atoms with Crippen molar-refractivity contribution in [2.75, 3.05) is 54.5 Å². The second-order valence-electron chi connectivity index (χ2n) is 13.4. The second-order valence-corrected chi connectivity index (χ2v) is 13.4. The highest BCUT2D eigenvalue weighted by atomic mass is 16.5. The lowest BCUT2D eigenvalue weighted by atomic mass is 10.00. The van der Waals surface area contributed by atoms with Gasteiger partial charge < -0.3 is 24.3 Å². The van der Waals surface area contributed by atoms with Gasteiger partial charge in [0.2, 0.25) is 0 Å². The zero-order valence-corrected chi connectivity index (χ0v) is 29.0. The quantitative estimate of drug-likeness (QED) is 0.103. The summed E-state index contributed by atoms with van der Waals surface area (Å²) in [7, 11) is 8.47. The average molecular weight is 644 g/mol. The summed E-state index contributed by atoms with van der Waals surface area (Å²) >= 11 is 0. The van der Waals surface area contributed by atoms with Crippen molar-refractivity contribution >= 4 is 22.4 Å². The van der Waals surface area contributed by atoms with Crippen molar-refractivity contribution in [1.82, 2.24) is 19.8 Å². The van der Waals surface area contributed by atoms with Gasteiger partial charge >= 0.3 is 0 Å². The summed E-state index contributed by atoms with van der Waals surface area (Å²) in [5.41, 5.74) is 9.84. The van der Waals surface area contributed by atoms with E-state index in [1.807, 2.05) is 12.1 Å². The van der Waals surface area contributed by atoms with Crippen LogP contribution >= 0.6 is 0 Å². The van der Waals surface area contributed by atoms with Crippen LogP contribution in [0.5, 0.6) is 11.5 Å². The van der Waals surface area contributed by atoms with Gasteiger partial charge in [-0.25, -0.2) is 4.98 Å². The standard InChI is InChI=1S/C41H49N5O2/c1-45(2)23-7-5-9-25-47-35-18-13-30(14-19-35)38-29-34-12-11-32(27-39(34)42-38)33-17-22-37-40(28-33)44-41(43-37)31-15-20-36(21-16-31)48-26-10-6-8-24-46(3)4/h11-22,27-28H,5-10,23-26,29H2,1-4H3,(H,43,44). The molecule has 1 aromatic heterocycles. The smallest absolute Gasteiger partial charge is 0.138 e. The highest BCUT2D eigenvalue weighted by molar-refractivity contribution is 6.07. The highest BCUT2D eigenvalue weighted by Crippen LogP contribution is 2.35. The number of hydrogen-bond acceptors (Lipinski definition) is 6. The molecule has 5 aromatic rings. The Morgan fingerprint density at radius 3 is 1.79 bits per heavy atom. The fourth-order valence-corrected chi connectivity index (χ4v) is 6.10. The second kappa shape index (κ2) is 16.1. The van der Waals surface area contributed by atoms with Gasteiger partial charge in [-0.1, -0.05) is 18.2 Å². The highest BCUT2D eigenvalue weighted by Gasteiger charge is 2.17. The molecule has 48 heavy (non-hydrogen) atoms. The first-order valence-corrected chi connectivity index (χ1v) is 17.4. The van der Waals surface area contributed by atoms with Crippen molar-refractivity contribution in [3.8, 4) is 34.0 Å². The number of hydrogen-bond donors (Lipinski definition) is 1. The van der Waals surface area contributed by atoms with Gasteiger partial charge in [0, 0.05) is 12.0 Å². The molecule has 1 aliphatic heterocycles. The van der Waals surface area contributed by atoms with Gasteiger partial charge in [0.05, 0.1) is 35.6 Å². The van der Waals surface area contributed by atoms with E-state index in [-0.39, 0.29) is 0 Å². The summed E-state index contributed by atoms with van der Waals surface area (Å²) in [4.78, 5) is 17.9. The minimum Gasteiger partial charge on any atom is -0.494 e. The van der Waals surface area contributed by atoms with Crippen molar-refractivity contribution in [1.29, 1.82) is 0 Å². The number of aromatic amines is 1. The molecule has 0 saturated carbocycles. The summed E-state index contributed by atoms with van der Waals surface area (Å²) in [5, 5.41) is 0. The zero-order valence-electron chi connectivity index (χ0n) is 29.0. The van der Waals surface area contributed by atoms with Gasteiger partial charge in [-0.3, -0.25) is 4.99 Å². The van der Waals surface area contributed by atoms with Crippen LogP contribution in [0.15, 0.2) is 89.9 Å². The number of H-pyrrole nitrogens is 1. The molecular weight excluding hydrogens is 594 g/mol. The van der Waals surface area contributed by atoms with Crippen LogP contribution in [0.4, 0.5) is 5.69 Å². The molecule has 0 radical (unpaired) electrons. The number of rotatable bonds is 17. The number of imidazole rings is 1. The van der Waals surface area contributed by atoms with E-state index in [1.165, 1.54) is 31.2 Å². The number of nitrogens with one attached hydrogen (secondary N) is 1. The number of nitrogens with zero attached hydrogens (tertiary/aromatic N) is 4. The van der Waals surface area contributed by atoms with Crippen LogP contribution in [0.1, 0.15) is 49.7 Å². The van der Waals surface area contributed by atoms with Crippen molar-refractivity contribution in [2.45, 2.75) is 44.9 Å². The van der Waals surface area contributed by atoms with E-state index in [9.17, 15) is 0 Å². The molecule has 0 aliphatic carbocycles. The van der Waals surface area contributed by atoms with Gasteiger partial charge in [-0.2, -0.15) is 0 Å². The maximum atomic E-state index is 5.98. The van der Waals surface area contributed by atoms with E-state index in [0.717, 1.165) is 108 Å². The van der Waals surface area contributed by atoms with Crippen LogP contribution in [-0.2, 0) is 6.42 Å². The SMILES string of the molecule is CN(C)CCCCCOc1ccc(C2=Nc3cc(-c4ccc5nc(-c6ccc(OCCCCCN(C)C)cc6)[nH]c5c4)ccc3C2)cc1. The number of unbranched alkanes of at least 4 members (excludes halogenated alkanes) is 4. The summed E-state index contributed by atoms with van der Waals surface area (Å²) in [5.74, 6) is 2.68. The maximum Gasteiger partial charge on any atom is 0.138 e. The number of benzene rings is 4. The number of aliphatic imine (C=N–C) groups is 1. The summed E-state index contributed by atoms with van der Waals surface area (Å²) in [6.45, 7) is 3.76. The molecule has 0 fully saturated rings. The number of fused-ring (bicyclic) bond motifs is 2. The third kappa shape index (κ3) is 8.91. The molecule has 2 heterocycles. The topological polar surface area (TPSA) is 66.0 Å². The molecule has 1 N–H and O–H groups in total. The monoisotopic (exact) mass is 643 g/mol. The predicted octanol–water partition coefficient (Wildman–Crippen LogP) is 8.80. The number of ether oxygens (including phenoxy) is 2. The van der Waals surface area contributed by atoms with E-state index in [0.29, 0.717) is 0 Å². The third-order valence-electron chi connectivity index (χ3n) is 8.87. The molecule has 0 saturated heterocycles. The summed E-state index contributed by atoms with van der Waals surface area (Å²) in [6, 6.07) is 29.6. The van der Waals surface area contributed by atoms with Crippen LogP contribution in [0, 0.1) is 0 Å². The van der Waals surface area contributed by atoms with E-state index < -0.39 is 0 Å². The maximum absolute atomic E-state index is 5.98. The minimum atomic E-state index is 0.746. The van der Waals surface area contributed by atoms with Crippen LogP contribution in [0.3, 0.4) is 0 Å². The van der Waals surface area contributed by atoms with Crippen molar-refractivity contribution in [3.05, 3.63) is 96.1 Å². The van der Waals surface area contributed by atoms with E-state index >= 15 is 0 Å². The Bertz CT molecular complexity index is 1810. The molecule has 1 aliphatic rings. The fraction of sp³-hybridized carbons (Fsp3) is 0.366. The van der Waals surface area contributed by atoms with E-state index in [1.54, 1.807) is 0 Å². The first-order chi connectivity index (χ1) is 23.4. The summed E-state index contributed by atoms with van der Waals surface area (Å²) < 4.78 is 11.9. The van der Waals surface area contributed by atoms with Gasteiger partial charge in [0.1, 0.15) is 17.3 Å². The van der Waals surface area contributed by atoms with Crippen molar-refractivity contribution in [2.24, 2.45) is 4.99 Å². The molecule has 0 unspecified atom stereocenters. The average Bonchev–Trinajstić information content (AvgIpc) is 3.72. The largest absolute Gasteiger partial charge is 0.494 e. The molecule has 0 atom stereocenters. The minimum absolute atomic E-state index is 0.746. The van der Waals surface area contributed by atoms with Crippen LogP contribution < -0.4 is 9.47 Å². The molecule has 7 heteroatoms. The molecule has 4 aromatic carbocycles. The lowest BCUT2D eigenvalue weighted by Gasteiger charge is -2.10. The zero-order chi connectivity index (χ0) is 33.3. The first kappa shape index (κ1) is 33.4. The lowest BCUT2D eigenvalue weighted by Crippen LogP contribution is -2.13. The molecule has 250 valence electrons. The van der Waals surface area contributed by atoms with Gasteiger partial charge in [0.15, 0.2) is 0 Å². The van der Waals surface area contributed by atoms with Crippen LogP contribution in [-0.4, -0.2) is 80.0 Å². The first-order valence-electron chi connectivity index (χ1n) is 17.4. The molecule has 0 spiro atoms. The van der Waals surface area contributed by atoms with Gasteiger partial charge in [-0.15, -0.1) is 0 Å². The van der Waals surface area contributed by atoms with Crippen molar-refractivity contribution in [3.63, 3.8) is 0 Å². The van der Waals surface area contributed by atoms with Crippen molar-refractivity contribution < 1.29 is 9.47 Å². The Morgan fingerprint density at radius 2 is 1.17 bits per heavy atom. The van der Waals surface area contributed by atoms with E-state index in [2.05, 4.69) is 116 Å². The molecule has 0 bridgehead atoms. The Morgan fingerprint density at radius 1 is 0.604 bits per heavy atom. The Kier molecular flexibility index (Phi) is 11.2. The lowest BCUT2D eigenvalue weighted by molar-refractivity contribution is 0.299. The Balaban J connectivity index is 1.05. The Hall–Kier alpha value is -4.46. The van der Waals surface area contributed by atoms with Gasteiger partial charge in [0.25, 0.3) is 0 Å². The van der Waals surface area contributed by atoms with Crippen LogP contribution in [0.2, 0.25) is 0 Å². The molecule has 6 rings (SSSR count). The fourth-order valence-electron chi connectivity index (χ4n) is 6.10. The normalized spacial score (nSPS) is 12.6. The van der Waals surface area contributed by atoms with Crippen LogP contribution in [0.25, 0.3) is 33.5 Å². The van der Waals surface area contributed by atoms with E-state index in [4.69, 9.17) is 19.5 Å². The predicted molar refractivity (Wildman–Crippen MR) is 199 cm³/mol. The number of aromatic nitrogens is 2.